The van der Waals surface area contributed by atoms with E-state index in [2.05, 4.69) is 170 Å². The van der Waals surface area contributed by atoms with Gasteiger partial charge in [0.05, 0.1) is 0 Å². The maximum atomic E-state index is 4.81. The number of benzene rings is 4. The molecule has 208 valence electrons. The van der Waals surface area contributed by atoms with Gasteiger partial charge >= 0.3 is 81.6 Å². The van der Waals surface area contributed by atoms with Gasteiger partial charge in [0.25, 0.3) is 0 Å². The van der Waals surface area contributed by atoms with Gasteiger partial charge in [-0.2, -0.15) is 47.0 Å². The fraction of sp³-hybridized carbons (Fsp3) is 0. The van der Waals surface area contributed by atoms with Crippen molar-refractivity contribution < 1.29 is 64.0 Å². The molecule has 0 N–H and O–H groups in total. The maximum absolute atomic E-state index is 4.81. The second-order valence-electron chi connectivity index (χ2n) is 8.34. The van der Waals surface area contributed by atoms with Gasteiger partial charge in [-0.05, 0) is 21.2 Å². The minimum absolute atomic E-state index is 0. The Labute approximate surface area is 297 Å². The Hall–Kier alpha value is -0.798. The molecule has 0 unspecified atom stereocenters. The molecule has 0 heterocycles. The van der Waals surface area contributed by atoms with Crippen LogP contribution in [0.4, 0.5) is 0 Å². The van der Waals surface area contributed by atoms with Crippen molar-refractivity contribution in [1.29, 1.82) is 0 Å². The molecule has 0 aromatic heterocycles. The Bertz CT molecular complexity index is 1250. The SMILES string of the molecule is [Cl][Pd][Cl].[Fe+2].[H-].[Na+].c1ccc(P(c2ccccc2)c2cc[cH-]c2)cc1.c1ccc(P(c2ccccc2)c2cc[cH-]c2)cc1. The predicted octanol–water partition coefficient (Wildman–Crippen LogP) is 4.82. The minimum Gasteiger partial charge on any atom is -1.00 e. The van der Waals surface area contributed by atoms with E-state index in [-0.39, 0.29) is 64.0 Å². The van der Waals surface area contributed by atoms with Crippen molar-refractivity contribution in [3.63, 3.8) is 0 Å². The molecule has 0 bridgehead atoms. The van der Waals surface area contributed by atoms with Crippen molar-refractivity contribution in [3.05, 3.63) is 170 Å². The van der Waals surface area contributed by atoms with Gasteiger partial charge in [0.2, 0.25) is 0 Å². The van der Waals surface area contributed by atoms with E-state index in [0.29, 0.717) is 0 Å². The quantitative estimate of drug-likeness (QED) is 0.130. The Morgan fingerprint density at radius 1 is 0.439 bits per heavy atom. The number of hydrogen-bond donors (Lipinski definition) is 0. The van der Waals surface area contributed by atoms with E-state index >= 15 is 0 Å². The van der Waals surface area contributed by atoms with Gasteiger partial charge in [0, 0.05) is 0 Å². The zero-order valence-corrected chi connectivity index (χ0v) is 30.4. The average molecular weight is 756 g/mol. The summed E-state index contributed by atoms with van der Waals surface area (Å²) < 4.78 is 0. The molecule has 0 radical (unpaired) electrons. The van der Waals surface area contributed by atoms with E-state index in [0.717, 1.165) is 0 Å². The van der Waals surface area contributed by atoms with Crippen molar-refractivity contribution in [1.82, 2.24) is 0 Å². The van der Waals surface area contributed by atoms with Gasteiger partial charge in [-0.3, -0.25) is 0 Å². The van der Waals surface area contributed by atoms with Crippen molar-refractivity contribution in [2.45, 2.75) is 0 Å². The summed E-state index contributed by atoms with van der Waals surface area (Å²) in [5.41, 5.74) is 0. The molecule has 0 atom stereocenters. The molecule has 0 amide bonds. The van der Waals surface area contributed by atoms with Crippen LogP contribution in [0.25, 0.3) is 0 Å². The van der Waals surface area contributed by atoms with Crippen molar-refractivity contribution >= 4 is 66.7 Å². The molecule has 41 heavy (non-hydrogen) atoms. The first-order chi connectivity index (χ1) is 19.3. The Kier molecular flexibility index (Phi) is 18.6. The average Bonchev–Trinajstić information content (AvgIpc) is 3.72. The standard InChI is InChI=1S/2C17H14P.2ClH.Fe.Na.Pd.H/c2*1-3-9-15(10-4-1)18(17-13-7-8-14-17)16-11-5-2-6-12-16;;;;;;/h2*1-14H;2*1H;;;;/q2*-1;;;+2;+1;+2;-1/p-2. The zero-order valence-electron chi connectivity index (χ0n) is 23.5. The largest absolute Gasteiger partial charge is 2.00 e. The molecule has 0 aliphatic carbocycles. The van der Waals surface area contributed by atoms with Crippen LogP contribution in [0, 0.1) is 0 Å². The molecule has 7 heteroatoms. The molecule has 0 saturated carbocycles. The normalized spacial score (nSPS) is 9.95. The van der Waals surface area contributed by atoms with Gasteiger partial charge in [-0.25, -0.2) is 12.1 Å². The van der Waals surface area contributed by atoms with Crippen LogP contribution >= 0.6 is 34.9 Å². The van der Waals surface area contributed by atoms with E-state index in [1.165, 1.54) is 31.8 Å². The summed E-state index contributed by atoms with van der Waals surface area (Å²) in [6, 6.07) is 60.5. The van der Waals surface area contributed by atoms with E-state index in [9.17, 15) is 0 Å². The fourth-order valence-corrected chi connectivity index (χ4v) is 8.84. The third-order valence-corrected chi connectivity index (χ3v) is 10.8. The van der Waals surface area contributed by atoms with Crippen LogP contribution in [0.1, 0.15) is 1.43 Å². The molecule has 6 aromatic rings. The molecule has 6 aromatic carbocycles. The summed E-state index contributed by atoms with van der Waals surface area (Å²) in [6.07, 6.45) is 0. The smallest absolute Gasteiger partial charge is 1.00 e. The molecule has 0 nitrogen and oxygen atoms in total. The number of rotatable bonds is 6. The zero-order chi connectivity index (χ0) is 27.1. The minimum atomic E-state index is -0.409. The van der Waals surface area contributed by atoms with Crippen molar-refractivity contribution in [2.24, 2.45) is 0 Å². The molecule has 0 saturated heterocycles. The van der Waals surface area contributed by atoms with Gasteiger partial charge in [-0.15, -0.1) is 0 Å². The molecule has 0 aliphatic rings. The van der Waals surface area contributed by atoms with Crippen molar-refractivity contribution in [3.8, 4) is 0 Å². The van der Waals surface area contributed by atoms with Gasteiger partial charge in [0.1, 0.15) is 0 Å². The predicted molar refractivity (Wildman–Crippen MR) is 174 cm³/mol. The summed E-state index contributed by atoms with van der Waals surface area (Å²) in [4.78, 5) is 0. The van der Waals surface area contributed by atoms with Crippen LogP contribution in [-0.2, 0) is 33.0 Å². The molecule has 6 rings (SSSR count). The molecule has 0 aliphatic heterocycles. The number of hydrogen-bond acceptors (Lipinski definition) is 0. The van der Waals surface area contributed by atoms with Crippen LogP contribution in [0.5, 0.6) is 0 Å². The van der Waals surface area contributed by atoms with E-state index in [1.807, 2.05) is 0 Å². The molecular formula is C34H29Cl2FeNaP2Pd. The molecule has 0 spiro atoms. The summed E-state index contributed by atoms with van der Waals surface area (Å²) in [6.45, 7) is 0. The second kappa shape index (κ2) is 21.0. The van der Waals surface area contributed by atoms with E-state index < -0.39 is 15.8 Å². The van der Waals surface area contributed by atoms with Crippen LogP contribution in [0.2, 0.25) is 0 Å². The van der Waals surface area contributed by atoms with E-state index in [4.69, 9.17) is 19.1 Å². The fourth-order valence-electron chi connectivity index (χ4n) is 4.23. The summed E-state index contributed by atoms with van der Waals surface area (Å²) in [7, 11) is 8.81. The van der Waals surface area contributed by atoms with E-state index in [1.54, 1.807) is 0 Å². The summed E-state index contributed by atoms with van der Waals surface area (Å²) in [5.74, 6) is 0. The van der Waals surface area contributed by atoms with Crippen LogP contribution in [-0.4, -0.2) is 0 Å². The molecular weight excluding hydrogens is 726 g/mol. The summed E-state index contributed by atoms with van der Waals surface area (Å²) in [5, 5.41) is 8.47. The van der Waals surface area contributed by atoms with Crippen LogP contribution in [0.15, 0.2) is 170 Å². The van der Waals surface area contributed by atoms with Gasteiger partial charge < -0.3 is 1.43 Å². The third-order valence-electron chi connectivity index (χ3n) is 5.86. The Morgan fingerprint density at radius 2 is 0.683 bits per heavy atom. The third kappa shape index (κ3) is 11.3. The topological polar surface area (TPSA) is 0 Å². The number of halogens is 2. The van der Waals surface area contributed by atoms with Gasteiger partial charge in [-0.1, -0.05) is 137 Å². The second-order valence-corrected chi connectivity index (χ2v) is 15.1. The molecule has 0 fully saturated rings. The maximum Gasteiger partial charge on any atom is 2.00 e. The summed E-state index contributed by atoms with van der Waals surface area (Å²) >= 11 is -0.106. The Balaban J connectivity index is 0.000000361. The van der Waals surface area contributed by atoms with Crippen molar-refractivity contribution in [2.75, 3.05) is 0 Å². The first kappa shape index (κ1) is 36.4. The van der Waals surface area contributed by atoms with Crippen LogP contribution < -0.4 is 61.4 Å². The first-order valence-corrected chi connectivity index (χ1v) is 19.1. The van der Waals surface area contributed by atoms with Gasteiger partial charge in [0.15, 0.2) is 0 Å². The Morgan fingerprint density at radius 3 is 0.878 bits per heavy atom. The van der Waals surface area contributed by atoms with Crippen LogP contribution in [0.3, 0.4) is 0 Å². The first-order valence-electron chi connectivity index (χ1n) is 12.4. The monoisotopic (exact) mass is 754 g/mol.